The number of nitrogens with zero attached hydrogens (tertiary/aromatic N) is 2. The second-order valence-corrected chi connectivity index (χ2v) is 6.01. The molecule has 3 heteroatoms. The first-order valence-corrected chi connectivity index (χ1v) is 7.02. The van der Waals surface area contributed by atoms with Gasteiger partial charge in [0.15, 0.2) is 0 Å². The van der Waals surface area contributed by atoms with Gasteiger partial charge in [-0.05, 0) is 49.7 Å². The Morgan fingerprint density at radius 2 is 1.59 bits per heavy atom. The zero-order chi connectivity index (χ0) is 12.4. The molecule has 0 amide bonds. The molecule has 0 aliphatic carbocycles. The minimum Gasteiger partial charge on any atom is -0.304 e. The number of piperazine rings is 1. The van der Waals surface area contributed by atoms with Crippen molar-refractivity contribution in [2.45, 2.75) is 20.4 Å². The van der Waals surface area contributed by atoms with Gasteiger partial charge in [0.05, 0.1) is 0 Å². The summed E-state index contributed by atoms with van der Waals surface area (Å²) in [5.74, 6) is 0. The maximum absolute atomic E-state index is 3.56. The third kappa shape index (κ3) is 3.30. The average molecular weight is 297 g/mol. The summed E-state index contributed by atoms with van der Waals surface area (Å²) >= 11 is 3.56. The van der Waals surface area contributed by atoms with Crippen LogP contribution in [0, 0.1) is 13.8 Å². The molecule has 94 valence electrons. The van der Waals surface area contributed by atoms with Crippen LogP contribution < -0.4 is 0 Å². The Kier molecular flexibility index (Phi) is 4.23. The Morgan fingerprint density at radius 1 is 1.06 bits per heavy atom. The van der Waals surface area contributed by atoms with Crippen molar-refractivity contribution in [3.05, 3.63) is 33.3 Å². The van der Waals surface area contributed by atoms with E-state index in [1.807, 2.05) is 0 Å². The zero-order valence-corrected chi connectivity index (χ0v) is 12.5. The van der Waals surface area contributed by atoms with Crippen LogP contribution in [0.4, 0.5) is 0 Å². The highest BCUT2D eigenvalue weighted by Gasteiger charge is 2.15. The highest BCUT2D eigenvalue weighted by Crippen LogP contribution is 2.22. The minimum absolute atomic E-state index is 1.10. The highest BCUT2D eigenvalue weighted by molar-refractivity contribution is 9.10. The van der Waals surface area contributed by atoms with E-state index in [9.17, 15) is 0 Å². The quantitative estimate of drug-likeness (QED) is 0.828. The fraction of sp³-hybridized carbons (Fsp3) is 0.571. The smallest absolute Gasteiger partial charge is 0.0240 e. The Hall–Kier alpha value is -0.380. The topological polar surface area (TPSA) is 6.48 Å². The van der Waals surface area contributed by atoms with Gasteiger partial charge in [0, 0.05) is 37.2 Å². The second kappa shape index (κ2) is 5.51. The van der Waals surface area contributed by atoms with Gasteiger partial charge in [-0.1, -0.05) is 15.9 Å². The normalized spacial score (nSPS) is 18.6. The third-order valence-electron chi connectivity index (χ3n) is 3.64. The molecule has 0 saturated carbocycles. The van der Waals surface area contributed by atoms with Gasteiger partial charge < -0.3 is 4.90 Å². The van der Waals surface area contributed by atoms with Gasteiger partial charge in [0.2, 0.25) is 0 Å². The van der Waals surface area contributed by atoms with Crippen molar-refractivity contribution in [2.75, 3.05) is 33.2 Å². The van der Waals surface area contributed by atoms with Gasteiger partial charge in [-0.25, -0.2) is 0 Å². The maximum Gasteiger partial charge on any atom is 0.0240 e. The van der Waals surface area contributed by atoms with Crippen molar-refractivity contribution < 1.29 is 0 Å². The average Bonchev–Trinajstić information content (AvgIpc) is 2.26. The van der Waals surface area contributed by atoms with E-state index >= 15 is 0 Å². The van der Waals surface area contributed by atoms with Crippen molar-refractivity contribution in [1.82, 2.24) is 9.80 Å². The van der Waals surface area contributed by atoms with E-state index in [2.05, 4.69) is 58.8 Å². The first kappa shape index (κ1) is 13.1. The molecule has 1 aliphatic rings. The van der Waals surface area contributed by atoms with E-state index in [0.29, 0.717) is 0 Å². The fourth-order valence-corrected chi connectivity index (χ4v) is 3.11. The van der Waals surface area contributed by atoms with Crippen LogP contribution in [-0.4, -0.2) is 43.0 Å². The molecule has 1 aliphatic heterocycles. The molecule has 0 spiro atoms. The zero-order valence-electron chi connectivity index (χ0n) is 11.0. The summed E-state index contributed by atoms with van der Waals surface area (Å²) in [5.41, 5.74) is 4.30. The van der Waals surface area contributed by atoms with Crippen molar-refractivity contribution in [3.8, 4) is 0 Å². The summed E-state index contributed by atoms with van der Waals surface area (Å²) in [6.07, 6.45) is 0. The molecule has 0 bridgehead atoms. The Balaban J connectivity index is 2.08. The number of rotatable bonds is 2. The number of benzene rings is 1. The van der Waals surface area contributed by atoms with Crippen LogP contribution in [0.15, 0.2) is 16.6 Å². The van der Waals surface area contributed by atoms with E-state index in [1.165, 1.54) is 47.3 Å². The van der Waals surface area contributed by atoms with Gasteiger partial charge in [0.1, 0.15) is 0 Å². The third-order valence-corrected chi connectivity index (χ3v) is 4.10. The lowest BCUT2D eigenvalue weighted by atomic mass is 10.0. The van der Waals surface area contributed by atoms with Crippen LogP contribution in [0.1, 0.15) is 16.7 Å². The van der Waals surface area contributed by atoms with Crippen molar-refractivity contribution in [2.24, 2.45) is 0 Å². The molecule has 2 rings (SSSR count). The second-order valence-electron chi connectivity index (χ2n) is 5.10. The summed E-state index contributed by atoms with van der Waals surface area (Å²) in [6.45, 7) is 10.3. The molecule has 0 aromatic heterocycles. The minimum atomic E-state index is 1.10. The Bertz CT molecular complexity index is 372. The van der Waals surface area contributed by atoms with Gasteiger partial charge >= 0.3 is 0 Å². The van der Waals surface area contributed by atoms with Crippen LogP contribution in [0.5, 0.6) is 0 Å². The van der Waals surface area contributed by atoms with Crippen LogP contribution in [0.2, 0.25) is 0 Å². The summed E-state index contributed by atoms with van der Waals surface area (Å²) < 4.78 is 1.19. The number of halogens is 1. The van der Waals surface area contributed by atoms with Crippen LogP contribution in [-0.2, 0) is 6.54 Å². The van der Waals surface area contributed by atoms with Crippen LogP contribution >= 0.6 is 15.9 Å². The lowest BCUT2D eigenvalue weighted by molar-refractivity contribution is 0.148. The standard InChI is InChI=1S/C14H21BrN2/c1-11-8-13(15)9-12(2)14(11)10-17-6-4-16(3)5-7-17/h8-9H,4-7,10H2,1-3H3. The van der Waals surface area contributed by atoms with E-state index in [0.717, 1.165) is 6.54 Å². The van der Waals surface area contributed by atoms with Crippen molar-refractivity contribution >= 4 is 15.9 Å². The monoisotopic (exact) mass is 296 g/mol. The molecular formula is C14H21BrN2. The van der Waals surface area contributed by atoms with E-state index in [4.69, 9.17) is 0 Å². The highest BCUT2D eigenvalue weighted by atomic mass is 79.9. The number of likely N-dealkylation sites (N-methyl/N-ethyl adjacent to an activating group) is 1. The lowest BCUT2D eigenvalue weighted by Gasteiger charge is -2.33. The molecule has 1 aromatic rings. The molecule has 0 unspecified atom stereocenters. The van der Waals surface area contributed by atoms with Gasteiger partial charge in [-0.15, -0.1) is 0 Å². The predicted molar refractivity (Wildman–Crippen MR) is 76.4 cm³/mol. The summed E-state index contributed by atoms with van der Waals surface area (Å²) in [5, 5.41) is 0. The molecule has 1 fully saturated rings. The molecule has 1 saturated heterocycles. The van der Waals surface area contributed by atoms with Crippen LogP contribution in [0.3, 0.4) is 0 Å². The van der Waals surface area contributed by atoms with Crippen LogP contribution in [0.25, 0.3) is 0 Å². The maximum atomic E-state index is 3.56. The number of hydrogen-bond acceptors (Lipinski definition) is 2. The number of hydrogen-bond donors (Lipinski definition) is 0. The van der Waals surface area contributed by atoms with Gasteiger partial charge in [-0.3, -0.25) is 4.90 Å². The predicted octanol–water partition coefficient (Wildman–Crippen LogP) is 2.81. The summed E-state index contributed by atoms with van der Waals surface area (Å²) in [7, 11) is 2.20. The van der Waals surface area contributed by atoms with E-state index < -0.39 is 0 Å². The Morgan fingerprint density at radius 3 is 2.12 bits per heavy atom. The molecular weight excluding hydrogens is 276 g/mol. The van der Waals surface area contributed by atoms with Gasteiger partial charge in [0.25, 0.3) is 0 Å². The molecule has 1 aromatic carbocycles. The molecule has 17 heavy (non-hydrogen) atoms. The molecule has 1 heterocycles. The molecule has 2 nitrogen and oxygen atoms in total. The first-order valence-electron chi connectivity index (χ1n) is 6.23. The SMILES string of the molecule is Cc1cc(Br)cc(C)c1CN1CCN(C)CC1. The summed E-state index contributed by atoms with van der Waals surface area (Å²) in [6, 6.07) is 4.44. The lowest BCUT2D eigenvalue weighted by Crippen LogP contribution is -2.44. The van der Waals surface area contributed by atoms with E-state index in [-0.39, 0.29) is 0 Å². The van der Waals surface area contributed by atoms with Gasteiger partial charge in [-0.2, -0.15) is 0 Å². The Labute approximate surface area is 113 Å². The number of aryl methyl sites for hydroxylation is 2. The van der Waals surface area contributed by atoms with E-state index in [1.54, 1.807) is 0 Å². The first-order chi connectivity index (χ1) is 8.06. The van der Waals surface area contributed by atoms with Crippen molar-refractivity contribution in [1.29, 1.82) is 0 Å². The fourth-order valence-electron chi connectivity index (χ4n) is 2.42. The largest absolute Gasteiger partial charge is 0.304 e. The molecule has 0 atom stereocenters. The molecule has 0 radical (unpaired) electrons. The van der Waals surface area contributed by atoms with Crippen molar-refractivity contribution in [3.63, 3.8) is 0 Å². The molecule has 0 N–H and O–H groups in total. The summed E-state index contributed by atoms with van der Waals surface area (Å²) in [4.78, 5) is 4.96.